The summed E-state index contributed by atoms with van der Waals surface area (Å²) in [6.07, 6.45) is 6.97. The van der Waals surface area contributed by atoms with Crippen LogP contribution in [0, 0.1) is 6.92 Å². The lowest BCUT2D eigenvalue weighted by Crippen LogP contribution is -2.48. The fourth-order valence-electron chi connectivity index (χ4n) is 4.92. The van der Waals surface area contributed by atoms with Crippen molar-refractivity contribution < 1.29 is 14.4 Å². The molecule has 4 amide bonds. The van der Waals surface area contributed by atoms with E-state index in [1.54, 1.807) is 23.4 Å². The molecular weight excluding hydrogens is 490 g/mol. The molecule has 1 fully saturated rings. The summed E-state index contributed by atoms with van der Waals surface area (Å²) in [4.78, 5) is 50.1. The molecule has 10 nitrogen and oxygen atoms in total. The standard InChI is InChI=1S/C26H29N7O3S/c1-5-20(34)30-15-7-6-8-16(15)31-24(35)23-22-21-17(9-10-27-25(21)37-23)33(26(36)32-22)18-12-28-19(11-14(18)4)29-13(2)3/h5,9-13,15-16H,1,6-8H2,2-4H3,(H,28,29)(H,30,34)(H,31,35)(H,32,36). The normalized spacial score (nSPS) is 18.6. The highest BCUT2D eigenvalue weighted by molar-refractivity contribution is 7.21. The second-order valence-corrected chi connectivity index (χ2v) is 10.6. The van der Waals surface area contributed by atoms with Crippen molar-refractivity contribution in [3.63, 3.8) is 0 Å². The first-order chi connectivity index (χ1) is 17.8. The van der Waals surface area contributed by atoms with E-state index < -0.39 is 0 Å². The lowest BCUT2D eigenvalue weighted by molar-refractivity contribution is -0.117. The van der Waals surface area contributed by atoms with Crippen molar-refractivity contribution in [3.05, 3.63) is 47.6 Å². The Labute approximate surface area is 218 Å². The molecule has 0 radical (unpaired) electrons. The van der Waals surface area contributed by atoms with Crippen molar-refractivity contribution in [2.45, 2.75) is 58.2 Å². The van der Waals surface area contributed by atoms with Crippen LogP contribution in [0.5, 0.6) is 0 Å². The quantitative estimate of drug-likeness (QED) is 0.341. The Kier molecular flexibility index (Phi) is 6.55. The molecule has 4 heterocycles. The van der Waals surface area contributed by atoms with E-state index in [0.29, 0.717) is 32.2 Å². The number of anilines is 4. The van der Waals surface area contributed by atoms with Crippen LogP contribution in [0.3, 0.4) is 0 Å². The van der Waals surface area contributed by atoms with Gasteiger partial charge in [0.25, 0.3) is 5.91 Å². The summed E-state index contributed by atoms with van der Waals surface area (Å²) in [6, 6.07) is 3.17. The molecule has 3 aromatic heterocycles. The van der Waals surface area contributed by atoms with Gasteiger partial charge in [-0.05, 0) is 63.8 Å². The summed E-state index contributed by atoms with van der Waals surface area (Å²) in [7, 11) is 0. The van der Waals surface area contributed by atoms with Crippen LogP contribution in [0.1, 0.15) is 48.3 Å². The molecule has 11 heteroatoms. The molecule has 3 aromatic rings. The number of carbonyl (C=O) groups excluding carboxylic acids is 3. The number of aromatic nitrogens is 2. The van der Waals surface area contributed by atoms with Crippen molar-refractivity contribution in [2.24, 2.45) is 0 Å². The van der Waals surface area contributed by atoms with Crippen LogP contribution in [0.4, 0.5) is 27.7 Å². The van der Waals surface area contributed by atoms with Crippen molar-refractivity contribution in [3.8, 4) is 0 Å². The Bertz CT molecular complexity index is 1420. The lowest BCUT2D eigenvalue weighted by atomic mass is 10.1. The first kappa shape index (κ1) is 24.7. The molecule has 2 atom stereocenters. The zero-order valence-electron chi connectivity index (χ0n) is 20.9. The maximum atomic E-state index is 13.4. The van der Waals surface area contributed by atoms with Crippen LogP contribution in [0.25, 0.3) is 10.2 Å². The molecule has 2 aliphatic rings. The number of hydrogen-bond acceptors (Lipinski definition) is 7. The first-order valence-electron chi connectivity index (χ1n) is 12.3. The van der Waals surface area contributed by atoms with E-state index >= 15 is 0 Å². The third-order valence-electron chi connectivity index (χ3n) is 6.56. The highest BCUT2D eigenvalue weighted by Crippen LogP contribution is 2.46. The van der Waals surface area contributed by atoms with E-state index in [1.807, 2.05) is 26.8 Å². The van der Waals surface area contributed by atoms with E-state index in [-0.39, 0.29) is 36.0 Å². The Morgan fingerprint density at radius 1 is 1.22 bits per heavy atom. The van der Waals surface area contributed by atoms with Crippen LogP contribution in [0.15, 0.2) is 37.2 Å². The molecule has 5 rings (SSSR count). The van der Waals surface area contributed by atoms with E-state index in [1.165, 1.54) is 17.4 Å². The second kappa shape index (κ2) is 9.81. The Morgan fingerprint density at radius 2 is 1.97 bits per heavy atom. The SMILES string of the molecule is C=CC(=O)NC1CCCC1NC(=O)c1sc2nccc3c2c1NC(=O)N3c1cnc(NC(C)C)cc1C. The van der Waals surface area contributed by atoms with Crippen LogP contribution in [-0.2, 0) is 4.79 Å². The van der Waals surface area contributed by atoms with Crippen molar-refractivity contribution in [1.82, 2.24) is 20.6 Å². The highest BCUT2D eigenvalue weighted by Gasteiger charge is 2.35. The van der Waals surface area contributed by atoms with E-state index in [2.05, 4.69) is 37.8 Å². The molecule has 1 aliphatic heterocycles. The zero-order valence-corrected chi connectivity index (χ0v) is 21.7. The van der Waals surface area contributed by atoms with Gasteiger partial charge in [0, 0.05) is 24.3 Å². The van der Waals surface area contributed by atoms with E-state index in [4.69, 9.17) is 0 Å². The van der Waals surface area contributed by atoms with Gasteiger partial charge in [-0.25, -0.2) is 14.8 Å². The fraction of sp³-hybridized carbons (Fsp3) is 0.346. The lowest BCUT2D eigenvalue weighted by Gasteiger charge is -2.29. The third-order valence-corrected chi connectivity index (χ3v) is 7.65. The average Bonchev–Trinajstić information content (AvgIpc) is 3.44. The molecule has 1 saturated carbocycles. The summed E-state index contributed by atoms with van der Waals surface area (Å²) in [5.41, 5.74) is 2.62. The highest BCUT2D eigenvalue weighted by atomic mass is 32.1. The summed E-state index contributed by atoms with van der Waals surface area (Å²) < 4.78 is 0. The van der Waals surface area contributed by atoms with Crippen LogP contribution < -0.4 is 26.2 Å². The van der Waals surface area contributed by atoms with Crippen molar-refractivity contribution in [2.75, 3.05) is 15.5 Å². The van der Waals surface area contributed by atoms with Crippen LogP contribution in [-0.4, -0.2) is 45.9 Å². The number of hydrogen-bond donors (Lipinski definition) is 4. The largest absolute Gasteiger partial charge is 0.368 e. The number of aryl methyl sites for hydroxylation is 1. The molecule has 0 aromatic carbocycles. The van der Waals surface area contributed by atoms with E-state index in [9.17, 15) is 14.4 Å². The van der Waals surface area contributed by atoms with Gasteiger partial charge < -0.3 is 21.3 Å². The second-order valence-electron chi connectivity index (χ2n) is 9.57. The predicted molar refractivity (Wildman–Crippen MR) is 146 cm³/mol. The fourth-order valence-corrected chi connectivity index (χ4v) is 5.94. The topological polar surface area (TPSA) is 128 Å². The number of carbonyl (C=O) groups is 3. The number of urea groups is 1. The number of thiophene rings is 1. The molecule has 4 N–H and O–H groups in total. The average molecular weight is 520 g/mol. The Hall–Kier alpha value is -3.99. The van der Waals surface area contributed by atoms with Crippen LogP contribution in [0.2, 0.25) is 0 Å². The molecule has 0 saturated heterocycles. The minimum atomic E-state index is -0.376. The van der Waals surface area contributed by atoms with Gasteiger partial charge in [-0.2, -0.15) is 0 Å². The van der Waals surface area contributed by atoms with Gasteiger partial charge in [0.2, 0.25) is 5.91 Å². The molecule has 37 heavy (non-hydrogen) atoms. The number of nitrogens with zero attached hydrogens (tertiary/aromatic N) is 3. The molecule has 0 spiro atoms. The maximum absolute atomic E-state index is 13.4. The van der Waals surface area contributed by atoms with E-state index in [0.717, 1.165) is 30.6 Å². The number of rotatable bonds is 7. The molecular formula is C26H29N7O3S. The van der Waals surface area contributed by atoms with Crippen molar-refractivity contribution in [1.29, 1.82) is 0 Å². The molecule has 0 bridgehead atoms. The summed E-state index contributed by atoms with van der Waals surface area (Å²) in [5, 5.41) is 12.9. The van der Waals surface area contributed by atoms with Gasteiger partial charge >= 0.3 is 6.03 Å². The van der Waals surface area contributed by atoms with Gasteiger partial charge in [0.05, 0.1) is 28.6 Å². The van der Waals surface area contributed by atoms with Gasteiger partial charge in [-0.15, -0.1) is 11.3 Å². The van der Waals surface area contributed by atoms with Crippen LogP contribution >= 0.6 is 11.3 Å². The van der Waals surface area contributed by atoms with Gasteiger partial charge in [0.15, 0.2) is 0 Å². The van der Waals surface area contributed by atoms with Gasteiger partial charge in [-0.3, -0.25) is 14.5 Å². The summed E-state index contributed by atoms with van der Waals surface area (Å²) in [6.45, 7) is 9.50. The molecule has 2 unspecified atom stereocenters. The Morgan fingerprint density at radius 3 is 2.68 bits per heavy atom. The third kappa shape index (κ3) is 4.62. The first-order valence-corrected chi connectivity index (χ1v) is 13.1. The van der Waals surface area contributed by atoms with Crippen molar-refractivity contribution >= 4 is 62.3 Å². The summed E-state index contributed by atoms with van der Waals surface area (Å²) in [5.74, 6) is 0.171. The minimum Gasteiger partial charge on any atom is -0.368 e. The molecule has 192 valence electrons. The summed E-state index contributed by atoms with van der Waals surface area (Å²) >= 11 is 1.23. The Balaban J connectivity index is 1.47. The van der Waals surface area contributed by atoms with Gasteiger partial charge in [-0.1, -0.05) is 6.58 Å². The predicted octanol–water partition coefficient (Wildman–Crippen LogP) is 4.46. The monoisotopic (exact) mass is 519 g/mol. The maximum Gasteiger partial charge on any atom is 0.331 e. The van der Waals surface area contributed by atoms with Gasteiger partial charge in [0.1, 0.15) is 15.5 Å². The number of amides is 4. The minimum absolute atomic E-state index is 0.164. The smallest absolute Gasteiger partial charge is 0.331 e. The molecule has 1 aliphatic carbocycles. The zero-order chi connectivity index (χ0) is 26.3. The number of pyridine rings is 2. The number of nitrogens with one attached hydrogen (secondary N) is 4.